The molecule has 0 rings (SSSR count). The quantitative estimate of drug-likeness (QED) is 0.0568. The summed E-state index contributed by atoms with van der Waals surface area (Å²) in [6, 6.07) is 0. The van der Waals surface area contributed by atoms with Gasteiger partial charge in [-0.25, -0.2) is 0 Å². The van der Waals surface area contributed by atoms with Crippen LogP contribution in [-0.4, -0.2) is 111 Å². The Morgan fingerprint density at radius 2 is 0.680 bits per heavy atom. The Balaban J connectivity index is -0.0000110. The van der Waals surface area contributed by atoms with Crippen LogP contribution in [0.25, 0.3) is 0 Å². The molecule has 302 valence electrons. The Kier molecular flexibility index (Phi) is 41.6. The first-order valence-corrected chi connectivity index (χ1v) is 20.4. The van der Waals surface area contributed by atoms with Crippen molar-refractivity contribution in [3.8, 4) is 0 Å². The molecule has 0 saturated heterocycles. The van der Waals surface area contributed by atoms with E-state index in [4.69, 9.17) is 9.47 Å². The Morgan fingerprint density at radius 1 is 0.420 bits per heavy atom. The van der Waals surface area contributed by atoms with Crippen molar-refractivity contribution < 1.29 is 72.2 Å². The zero-order chi connectivity index (χ0) is 35.6. The molecule has 0 aromatic carbocycles. The average Bonchev–Trinajstić information content (AvgIpc) is 3.05. The van der Waals surface area contributed by atoms with E-state index in [1.54, 1.807) is 0 Å². The van der Waals surface area contributed by atoms with E-state index < -0.39 is 0 Å². The van der Waals surface area contributed by atoms with Gasteiger partial charge in [-0.3, -0.25) is 9.59 Å². The van der Waals surface area contributed by atoms with E-state index in [2.05, 4.69) is 27.9 Å². The molecule has 0 aliphatic heterocycles. The third-order valence-electron chi connectivity index (χ3n) is 10.2. The first kappa shape index (κ1) is 54.1. The summed E-state index contributed by atoms with van der Waals surface area (Å²) in [5.74, 6) is -0.255. The number of quaternary nitrogens is 2. The average molecular weight is 847 g/mol. The lowest BCUT2D eigenvalue weighted by Gasteiger charge is -2.39. The molecular weight excluding hydrogens is 764 g/mol. The van der Waals surface area contributed by atoms with Crippen LogP contribution in [0.1, 0.15) is 168 Å². The molecule has 0 aromatic rings. The van der Waals surface area contributed by atoms with Crippen LogP contribution in [-0.2, 0) is 19.1 Å². The lowest BCUT2D eigenvalue weighted by Crippen LogP contribution is -3.00. The van der Waals surface area contributed by atoms with E-state index in [1.165, 1.54) is 116 Å². The molecule has 0 bridgehead atoms. The highest BCUT2D eigenvalue weighted by atomic mass is 79.9. The summed E-state index contributed by atoms with van der Waals surface area (Å²) in [6.45, 7) is 9.26. The maximum atomic E-state index is 12.3. The van der Waals surface area contributed by atoms with Crippen molar-refractivity contribution in [2.45, 2.75) is 168 Å². The summed E-state index contributed by atoms with van der Waals surface area (Å²) in [5, 5.41) is 19.5. The van der Waals surface area contributed by atoms with Gasteiger partial charge in [0.15, 0.2) is 0 Å². The lowest BCUT2D eigenvalue weighted by molar-refractivity contribution is -0.964. The van der Waals surface area contributed by atoms with Crippen LogP contribution in [0.2, 0.25) is 0 Å². The number of aliphatic hydroxyl groups excluding tert-OH is 2. The maximum absolute atomic E-state index is 12.3. The molecule has 0 aliphatic carbocycles. The van der Waals surface area contributed by atoms with Crippen molar-refractivity contribution in [1.29, 1.82) is 0 Å². The highest BCUT2D eigenvalue weighted by molar-refractivity contribution is 5.69. The number of aliphatic hydroxyl groups is 2. The minimum Gasteiger partial charge on any atom is -1.00 e. The molecule has 2 N–H and O–H groups in total. The lowest BCUT2D eigenvalue weighted by atomic mass is 10.1. The van der Waals surface area contributed by atoms with Gasteiger partial charge in [0.1, 0.15) is 52.5 Å². The predicted molar refractivity (Wildman–Crippen MR) is 200 cm³/mol. The number of carbonyl (C=O) groups excluding carboxylic acids is 2. The van der Waals surface area contributed by atoms with Gasteiger partial charge in [0.25, 0.3) is 0 Å². The van der Waals surface area contributed by atoms with Gasteiger partial charge in [-0.2, -0.15) is 0 Å². The van der Waals surface area contributed by atoms with Crippen molar-refractivity contribution in [3.05, 3.63) is 0 Å². The molecule has 0 heterocycles. The minimum atomic E-state index is -0.127. The molecule has 10 heteroatoms. The van der Waals surface area contributed by atoms with E-state index in [0.717, 1.165) is 38.8 Å². The molecule has 0 spiro atoms. The predicted octanol–water partition coefficient (Wildman–Crippen LogP) is 2.36. The summed E-state index contributed by atoms with van der Waals surface area (Å²) in [6.07, 6.45) is 28.6. The molecule has 0 saturated carbocycles. The number of nitrogens with zero attached hydrogens (tertiary/aromatic N) is 2. The standard InChI is InChI=1S/C40H82N2O6.2BrH/c1-5-7-9-11-13-15-17-19-21-23-25-27-39(45)47-37-33-41(3,31-35-43)29-30-42(4,32-36-44)34-38-48-40(46)28-26-24-22-20-18-16-14-12-10-8-6-2;;/h43-44H,5-38H2,1-4H3;2*1H/q+2;;/p-2. The molecule has 8 nitrogen and oxygen atoms in total. The number of esters is 2. The second kappa shape index (κ2) is 38.5. The second-order valence-corrected chi connectivity index (χ2v) is 15.0. The number of rotatable bonds is 37. The van der Waals surface area contributed by atoms with E-state index in [-0.39, 0.29) is 59.1 Å². The third kappa shape index (κ3) is 34.8. The number of ether oxygens (including phenoxy) is 2. The van der Waals surface area contributed by atoms with E-state index in [1.807, 2.05) is 0 Å². The fourth-order valence-corrected chi connectivity index (χ4v) is 6.41. The molecule has 0 radical (unpaired) electrons. The first-order valence-electron chi connectivity index (χ1n) is 20.4. The van der Waals surface area contributed by atoms with Gasteiger partial charge in [0.2, 0.25) is 0 Å². The van der Waals surface area contributed by atoms with E-state index >= 15 is 0 Å². The highest BCUT2D eigenvalue weighted by Crippen LogP contribution is 2.14. The molecule has 0 amide bonds. The topological polar surface area (TPSA) is 93.1 Å². The molecule has 0 aliphatic rings. The normalized spacial score (nSPS) is 13.5. The molecule has 0 fully saturated rings. The van der Waals surface area contributed by atoms with Crippen molar-refractivity contribution in [1.82, 2.24) is 0 Å². The summed E-state index contributed by atoms with van der Waals surface area (Å²) in [5.41, 5.74) is 0. The van der Waals surface area contributed by atoms with Crippen LogP contribution in [0.3, 0.4) is 0 Å². The number of hydrogen-bond donors (Lipinski definition) is 2. The number of halogens is 2. The molecule has 2 atom stereocenters. The van der Waals surface area contributed by atoms with E-state index in [0.29, 0.717) is 61.2 Å². The Hall–Kier alpha value is -0.260. The van der Waals surface area contributed by atoms with Crippen molar-refractivity contribution in [2.75, 3.05) is 79.8 Å². The minimum absolute atomic E-state index is 0. The monoisotopic (exact) mass is 844 g/mol. The van der Waals surface area contributed by atoms with Crippen molar-refractivity contribution >= 4 is 11.9 Å². The van der Waals surface area contributed by atoms with Crippen LogP contribution in [0.4, 0.5) is 0 Å². The smallest absolute Gasteiger partial charge is 0.305 e. The van der Waals surface area contributed by atoms with Crippen LogP contribution in [0.15, 0.2) is 0 Å². The van der Waals surface area contributed by atoms with Crippen LogP contribution < -0.4 is 34.0 Å². The molecule has 50 heavy (non-hydrogen) atoms. The summed E-state index contributed by atoms with van der Waals surface area (Å²) < 4.78 is 12.3. The van der Waals surface area contributed by atoms with E-state index in [9.17, 15) is 19.8 Å². The van der Waals surface area contributed by atoms with Gasteiger partial charge in [-0.15, -0.1) is 0 Å². The summed E-state index contributed by atoms with van der Waals surface area (Å²) in [7, 11) is 4.18. The maximum Gasteiger partial charge on any atom is 0.305 e. The van der Waals surface area contributed by atoms with Gasteiger partial charge >= 0.3 is 11.9 Å². The fourth-order valence-electron chi connectivity index (χ4n) is 6.41. The third-order valence-corrected chi connectivity index (χ3v) is 10.2. The van der Waals surface area contributed by atoms with Gasteiger partial charge in [0.05, 0.1) is 27.3 Å². The van der Waals surface area contributed by atoms with Gasteiger partial charge in [0, 0.05) is 12.8 Å². The Bertz CT molecular complexity index is 691. The second-order valence-electron chi connectivity index (χ2n) is 15.0. The van der Waals surface area contributed by atoms with Crippen molar-refractivity contribution in [2.24, 2.45) is 0 Å². The van der Waals surface area contributed by atoms with Crippen molar-refractivity contribution in [3.63, 3.8) is 0 Å². The zero-order valence-corrected chi connectivity index (χ0v) is 36.4. The molecule has 0 aromatic heterocycles. The molecule has 2 unspecified atom stereocenters. The SMILES string of the molecule is CCCCCCCCCCCCCC(=O)OCC[N+](C)(CCO)CC[N+](C)(CCO)CCOC(=O)CCCCCCCCCCCCC.[Br-].[Br-]. The summed E-state index contributed by atoms with van der Waals surface area (Å²) >= 11 is 0. The fraction of sp³-hybridized carbons (Fsp3) is 0.950. The number of unbranched alkanes of at least 4 members (excludes halogenated alkanes) is 20. The number of likely N-dealkylation sites (N-methyl/N-ethyl adjacent to an activating group) is 2. The Morgan fingerprint density at radius 3 is 0.940 bits per heavy atom. The first-order chi connectivity index (χ1) is 23.2. The number of hydrogen-bond acceptors (Lipinski definition) is 6. The van der Waals surface area contributed by atoms with Crippen LogP contribution in [0.5, 0.6) is 0 Å². The zero-order valence-electron chi connectivity index (χ0n) is 33.2. The van der Waals surface area contributed by atoms with Crippen LogP contribution in [0, 0.1) is 0 Å². The van der Waals surface area contributed by atoms with Gasteiger partial charge in [-0.05, 0) is 12.8 Å². The number of carbonyl (C=O) groups is 2. The Labute approximate surface area is 330 Å². The largest absolute Gasteiger partial charge is 1.00 e. The molecular formula is C40H82Br2N2O6. The van der Waals surface area contributed by atoms with Gasteiger partial charge < -0.3 is 62.6 Å². The summed E-state index contributed by atoms with van der Waals surface area (Å²) in [4.78, 5) is 24.7. The van der Waals surface area contributed by atoms with Gasteiger partial charge in [-0.1, -0.05) is 142 Å². The van der Waals surface area contributed by atoms with Crippen LogP contribution >= 0.6 is 0 Å². The highest BCUT2D eigenvalue weighted by Gasteiger charge is 2.29.